The van der Waals surface area contributed by atoms with Gasteiger partial charge in [-0.1, -0.05) is 131 Å². The lowest BCUT2D eigenvalue weighted by Gasteiger charge is -2.24. The number of nitrogens with zero attached hydrogens (tertiary/aromatic N) is 3. The largest absolute Gasteiger partial charge is 0.437 e. The molecule has 0 N–H and O–H groups in total. The maximum atomic E-state index is 6.69. The van der Waals surface area contributed by atoms with Gasteiger partial charge in [0.2, 0.25) is 5.71 Å². The Hall–Kier alpha value is -5.26. The molecule has 5 heteroatoms. The summed E-state index contributed by atoms with van der Waals surface area (Å²) in [5, 5.41) is 3.51. The first-order valence-corrected chi connectivity index (χ1v) is 21.2. The first kappa shape index (κ1) is 32.0. The lowest BCUT2D eigenvalue weighted by atomic mass is 9.88. The van der Waals surface area contributed by atoms with E-state index < -0.39 is 8.07 Å². The second-order valence-electron chi connectivity index (χ2n) is 15.1. The Morgan fingerprint density at radius 1 is 0.600 bits per heavy atom. The second kappa shape index (κ2) is 12.3. The van der Waals surface area contributed by atoms with Crippen molar-refractivity contribution in [2.24, 2.45) is 0 Å². The van der Waals surface area contributed by atoms with Crippen molar-refractivity contribution in [2.45, 2.75) is 59.2 Å². The standard InChI is InChI=1S/C45H43N3OSi/c1-28(2)37-26-32(30-20-22-33(23-21-30)50(5,6)7)27-38(29(3)4)42(37)48-41-19-12-11-18-40(41)46-44(48)36-17-13-16-34-35-24-25-39(31-14-9-8-10-15-31)47-45(35)49-43(34)36/h8-29H,1-7H3. The lowest BCUT2D eigenvalue weighted by molar-refractivity contribution is 0.655. The molecule has 8 rings (SSSR count). The molecule has 5 aromatic carbocycles. The van der Waals surface area contributed by atoms with Crippen molar-refractivity contribution in [3.05, 3.63) is 132 Å². The molecule has 0 aliphatic carbocycles. The maximum absolute atomic E-state index is 6.69. The van der Waals surface area contributed by atoms with Crippen molar-refractivity contribution in [2.75, 3.05) is 0 Å². The summed E-state index contributed by atoms with van der Waals surface area (Å²) >= 11 is 0. The molecule has 8 aromatic rings. The number of pyridine rings is 1. The Balaban J connectivity index is 1.37. The van der Waals surface area contributed by atoms with Gasteiger partial charge in [0.15, 0.2) is 0 Å². The quantitative estimate of drug-likeness (QED) is 0.159. The van der Waals surface area contributed by atoms with E-state index in [1.54, 1.807) is 0 Å². The molecule has 4 nitrogen and oxygen atoms in total. The second-order valence-corrected chi connectivity index (χ2v) is 20.2. The summed E-state index contributed by atoms with van der Waals surface area (Å²) in [7, 11) is -1.40. The highest BCUT2D eigenvalue weighted by atomic mass is 28.3. The van der Waals surface area contributed by atoms with E-state index >= 15 is 0 Å². The van der Waals surface area contributed by atoms with Gasteiger partial charge >= 0.3 is 0 Å². The number of aromatic nitrogens is 3. The van der Waals surface area contributed by atoms with Gasteiger partial charge in [0.25, 0.3) is 0 Å². The molecule has 0 fully saturated rings. The van der Waals surface area contributed by atoms with Crippen LogP contribution < -0.4 is 5.19 Å². The molecule has 0 aliphatic heterocycles. The Morgan fingerprint density at radius 2 is 1.28 bits per heavy atom. The van der Waals surface area contributed by atoms with Crippen LogP contribution in [0.1, 0.15) is 50.7 Å². The van der Waals surface area contributed by atoms with E-state index in [2.05, 4.69) is 155 Å². The number of hydrogen-bond acceptors (Lipinski definition) is 3. The van der Waals surface area contributed by atoms with Crippen LogP contribution in [0.25, 0.3) is 72.6 Å². The minimum atomic E-state index is -1.40. The minimum Gasteiger partial charge on any atom is -0.437 e. The van der Waals surface area contributed by atoms with Crippen molar-refractivity contribution in [3.63, 3.8) is 0 Å². The molecule has 0 radical (unpaired) electrons. The molecule has 3 aromatic heterocycles. The number of benzene rings is 5. The number of para-hydroxylation sites is 3. The van der Waals surface area contributed by atoms with Crippen molar-refractivity contribution in [3.8, 4) is 39.5 Å². The Labute approximate surface area is 295 Å². The molecule has 0 aliphatic rings. The average molecular weight is 670 g/mol. The lowest BCUT2D eigenvalue weighted by Crippen LogP contribution is -2.37. The molecular weight excluding hydrogens is 627 g/mol. The summed E-state index contributed by atoms with van der Waals surface area (Å²) in [5.41, 5.74) is 12.7. The maximum Gasteiger partial charge on any atom is 0.227 e. The van der Waals surface area contributed by atoms with Gasteiger partial charge in [-0.05, 0) is 76.6 Å². The van der Waals surface area contributed by atoms with Crippen LogP contribution >= 0.6 is 0 Å². The summed E-state index contributed by atoms with van der Waals surface area (Å²) < 4.78 is 9.08. The molecule has 0 saturated carbocycles. The highest BCUT2D eigenvalue weighted by molar-refractivity contribution is 6.88. The summed E-state index contributed by atoms with van der Waals surface area (Å²) in [6, 6.07) is 43.5. The fourth-order valence-electron chi connectivity index (χ4n) is 7.21. The molecule has 0 amide bonds. The molecule has 50 heavy (non-hydrogen) atoms. The van der Waals surface area contributed by atoms with Gasteiger partial charge in [-0.2, -0.15) is 0 Å². The predicted octanol–water partition coefficient (Wildman–Crippen LogP) is 12.1. The Bertz CT molecular complexity index is 2490. The fourth-order valence-corrected chi connectivity index (χ4v) is 8.37. The number of furan rings is 1. The number of fused-ring (bicyclic) bond motifs is 4. The Kier molecular flexibility index (Phi) is 7.84. The van der Waals surface area contributed by atoms with Gasteiger partial charge in [0, 0.05) is 16.3 Å². The molecular formula is C45H43N3OSi. The van der Waals surface area contributed by atoms with E-state index in [0.29, 0.717) is 5.71 Å². The zero-order valence-corrected chi connectivity index (χ0v) is 31.0. The highest BCUT2D eigenvalue weighted by Crippen LogP contribution is 2.42. The molecule has 0 saturated heterocycles. The topological polar surface area (TPSA) is 43.9 Å². The van der Waals surface area contributed by atoms with E-state index in [1.807, 2.05) is 18.2 Å². The van der Waals surface area contributed by atoms with E-state index in [-0.39, 0.29) is 11.8 Å². The zero-order valence-electron chi connectivity index (χ0n) is 30.0. The van der Waals surface area contributed by atoms with E-state index in [0.717, 1.165) is 50.0 Å². The third kappa shape index (κ3) is 5.46. The van der Waals surface area contributed by atoms with E-state index in [9.17, 15) is 0 Å². The number of imidazole rings is 1. The van der Waals surface area contributed by atoms with Crippen LogP contribution in [0.4, 0.5) is 0 Å². The average Bonchev–Trinajstić information content (AvgIpc) is 3.69. The van der Waals surface area contributed by atoms with Crippen molar-refractivity contribution < 1.29 is 4.42 Å². The van der Waals surface area contributed by atoms with Gasteiger partial charge < -0.3 is 4.42 Å². The van der Waals surface area contributed by atoms with Crippen molar-refractivity contribution in [1.29, 1.82) is 0 Å². The van der Waals surface area contributed by atoms with Crippen molar-refractivity contribution in [1.82, 2.24) is 14.5 Å². The molecule has 0 unspecified atom stereocenters. The molecule has 0 bridgehead atoms. The molecule has 0 spiro atoms. The number of rotatable bonds is 7. The van der Waals surface area contributed by atoms with Gasteiger partial charge in [-0.15, -0.1) is 0 Å². The van der Waals surface area contributed by atoms with Crippen LogP contribution in [0.5, 0.6) is 0 Å². The van der Waals surface area contributed by atoms with Gasteiger partial charge in [0.1, 0.15) is 11.4 Å². The smallest absolute Gasteiger partial charge is 0.227 e. The van der Waals surface area contributed by atoms with Crippen LogP contribution in [0.15, 0.2) is 126 Å². The Morgan fingerprint density at radius 3 is 1.96 bits per heavy atom. The summed E-state index contributed by atoms with van der Waals surface area (Å²) in [4.78, 5) is 10.3. The fraction of sp³-hybridized carbons (Fsp3) is 0.200. The first-order chi connectivity index (χ1) is 24.1. The van der Waals surface area contributed by atoms with Crippen LogP contribution in [0.2, 0.25) is 19.6 Å². The third-order valence-electron chi connectivity index (χ3n) is 9.96. The summed E-state index contributed by atoms with van der Waals surface area (Å²) in [5.74, 6) is 1.43. The van der Waals surface area contributed by atoms with E-state index in [4.69, 9.17) is 14.4 Å². The van der Waals surface area contributed by atoms with E-state index in [1.165, 1.54) is 33.1 Å². The molecule has 248 valence electrons. The van der Waals surface area contributed by atoms with Crippen LogP contribution in [0.3, 0.4) is 0 Å². The van der Waals surface area contributed by atoms with Crippen molar-refractivity contribution >= 4 is 46.4 Å². The molecule has 3 heterocycles. The van der Waals surface area contributed by atoms with Gasteiger partial charge in [-0.25, -0.2) is 9.97 Å². The SMILES string of the molecule is CC(C)c1cc(-c2ccc([Si](C)(C)C)cc2)cc(C(C)C)c1-n1c(-c2cccc3c2oc2nc(-c4ccccc4)ccc23)nc2ccccc21. The summed E-state index contributed by atoms with van der Waals surface area (Å²) in [6.45, 7) is 16.4. The normalized spacial score (nSPS) is 12.3. The molecule has 0 atom stereocenters. The highest BCUT2D eigenvalue weighted by Gasteiger charge is 2.26. The minimum absolute atomic E-state index is 0.278. The van der Waals surface area contributed by atoms with Crippen LogP contribution in [0, 0.1) is 0 Å². The predicted molar refractivity (Wildman–Crippen MR) is 214 cm³/mol. The van der Waals surface area contributed by atoms with Crippen LogP contribution in [-0.2, 0) is 0 Å². The van der Waals surface area contributed by atoms with Crippen LogP contribution in [-0.4, -0.2) is 22.6 Å². The third-order valence-corrected chi connectivity index (χ3v) is 12.0. The van der Waals surface area contributed by atoms with Gasteiger partial charge in [-0.3, -0.25) is 4.57 Å². The monoisotopic (exact) mass is 669 g/mol. The van der Waals surface area contributed by atoms with Gasteiger partial charge in [0.05, 0.1) is 36.1 Å². The zero-order chi connectivity index (χ0) is 34.7. The number of hydrogen-bond donors (Lipinski definition) is 0. The summed E-state index contributed by atoms with van der Waals surface area (Å²) in [6.07, 6.45) is 0. The first-order valence-electron chi connectivity index (χ1n) is 17.7.